The molecular formula is C11H24IN. The van der Waals surface area contributed by atoms with Gasteiger partial charge in [-0.2, -0.15) is 0 Å². The average molecular weight is 297 g/mol. The van der Waals surface area contributed by atoms with E-state index in [-0.39, 0.29) is 24.0 Å². The van der Waals surface area contributed by atoms with Crippen molar-refractivity contribution in [3.63, 3.8) is 0 Å². The number of unbranched alkanes of at least 4 members (excludes halogenated alkanes) is 1. The van der Waals surface area contributed by atoms with Crippen LogP contribution >= 0.6 is 0 Å². The number of quaternary nitrogens is 1. The zero-order valence-electron chi connectivity index (χ0n) is 9.19. The Balaban J connectivity index is 0.00000144. The lowest BCUT2D eigenvalue weighted by molar-refractivity contribution is -0.931. The Morgan fingerprint density at radius 2 is 1.62 bits per heavy atom. The summed E-state index contributed by atoms with van der Waals surface area (Å²) >= 11 is 0. The normalized spacial score (nSPS) is 20.8. The van der Waals surface area contributed by atoms with Crippen molar-refractivity contribution in [3.05, 3.63) is 0 Å². The summed E-state index contributed by atoms with van der Waals surface area (Å²) in [7, 11) is 0. The van der Waals surface area contributed by atoms with E-state index in [0.29, 0.717) is 0 Å². The van der Waals surface area contributed by atoms with E-state index in [4.69, 9.17) is 0 Å². The molecule has 0 atom stereocenters. The summed E-state index contributed by atoms with van der Waals surface area (Å²) < 4.78 is 1.42. The average Bonchev–Trinajstić information content (AvgIpc) is 2.16. The number of nitrogens with zero attached hydrogens (tertiary/aromatic N) is 1. The Hall–Kier alpha value is 0.690. The smallest absolute Gasteiger partial charge is 0.0786 e. The molecule has 80 valence electrons. The number of rotatable bonds is 4. The number of halogens is 1. The topological polar surface area (TPSA) is 0 Å². The van der Waals surface area contributed by atoms with Gasteiger partial charge in [0.25, 0.3) is 0 Å². The molecule has 13 heavy (non-hydrogen) atoms. The monoisotopic (exact) mass is 297 g/mol. The van der Waals surface area contributed by atoms with Gasteiger partial charge in [-0.1, -0.05) is 13.3 Å². The highest BCUT2D eigenvalue weighted by Crippen LogP contribution is 2.19. The molecule has 0 radical (unpaired) electrons. The van der Waals surface area contributed by atoms with E-state index < -0.39 is 0 Å². The standard InChI is InChI=1S/C11H24N.HI/c1-3-5-9-12(4-2)10-7-6-8-11-12;/h3-11H2,1-2H3;1H/q+1;/p-1. The lowest BCUT2D eigenvalue weighted by Crippen LogP contribution is -3.00. The van der Waals surface area contributed by atoms with Crippen LogP contribution in [0, 0.1) is 0 Å². The van der Waals surface area contributed by atoms with Crippen LogP contribution in [0.2, 0.25) is 0 Å². The molecule has 0 aromatic heterocycles. The first-order chi connectivity index (χ1) is 5.83. The van der Waals surface area contributed by atoms with Crippen LogP contribution in [0.15, 0.2) is 0 Å². The Morgan fingerprint density at radius 1 is 1.00 bits per heavy atom. The van der Waals surface area contributed by atoms with Gasteiger partial charge in [-0.25, -0.2) is 0 Å². The van der Waals surface area contributed by atoms with Crippen molar-refractivity contribution in [1.29, 1.82) is 0 Å². The van der Waals surface area contributed by atoms with Gasteiger partial charge in [0.2, 0.25) is 0 Å². The predicted molar refractivity (Wildman–Crippen MR) is 54.2 cm³/mol. The summed E-state index contributed by atoms with van der Waals surface area (Å²) in [5, 5.41) is 0. The quantitative estimate of drug-likeness (QED) is 0.498. The van der Waals surface area contributed by atoms with E-state index in [1.807, 2.05) is 0 Å². The van der Waals surface area contributed by atoms with Crippen LogP contribution in [0.1, 0.15) is 46.0 Å². The highest BCUT2D eigenvalue weighted by Gasteiger charge is 2.26. The number of hydrogen-bond donors (Lipinski definition) is 0. The second-order valence-electron chi connectivity index (χ2n) is 4.24. The maximum Gasteiger partial charge on any atom is 0.0786 e. The van der Waals surface area contributed by atoms with E-state index in [2.05, 4.69) is 13.8 Å². The highest BCUT2D eigenvalue weighted by atomic mass is 127. The molecule has 0 aromatic rings. The minimum absolute atomic E-state index is 0. The molecule has 0 bridgehead atoms. The largest absolute Gasteiger partial charge is 1.00 e. The van der Waals surface area contributed by atoms with Crippen LogP contribution in [0.5, 0.6) is 0 Å². The maximum absolute atomic E-state index is 2.36. The molecule has 0 saturated carbocycles. The zero-order chi connectivity index (χ0) is 8.86. The first kappa shape index (κ1) is 13.7. The Kier molecular flexibility index (Phi) is 7.42. The van der Waals surface area contributed by atoms with Gasteiger partial charge in [0.05, 0.1) is 26.2 Å². The van der Waals surface area contributed by atoms with E-state index in [1.165, 1.54) is 62.8 Å². The SMILES string of the molecule is CCCC[N+]1(CC)CCCCC1.[I-]. The van der Waals surface area contributed by atoms with Crippen LogP contribution in [0.4, 0.5) is 0 Å². The Morgan fingerprint density at radius 3 is 2.08 bits per heavy atom. The predicted octanol–water partition coefficient (Wildman–Crippen LogP) is -0.189. The van der Waals surface area contributed by atoms with Crippen LogP contribution in [0.3, 0.4) is 0 Å². The van der Waals surface area contributed by atoms with Crippen molar-refractivity contribution in [2.45, 2.75) is 46.0 Å². The second kappa shape index (κ2) is 7.04. The molecule has 1 aliphatic heterocycles. The van der Waals surface area contributed by atoms with Gasteiger partial charge in [0.1, 0.15) is 0 Å². The van der Waals surface area contributed by atoms with Crippen LogP contribution < -0.4 is 24.0 Å². The third-order valence-electron chi connectivity index (χ3n) is 3.42. The van der Waals surface area contributed by atoms with Crippen molar-refractivity contribution in [1.82, 2.24) is 0 Å². The van der Waals surface area contributed by atoms with E-state index in [9.17, 15) is 0 Å². The maximum atomic E-state index is 2.36. The molecule has 1 fully saturated rings. The highest BCUT2D eigenvalue weighted by molar-refractivity contribution is 4.53. The summed E-state index contributed by atoms with van der Waals surface area (Å²) in [6, 6.07) is 0. The van der Waals surface area contributed by atoms with Crippen LogP contribution in [-0.4, -0.2) is 30.7 Å². The van der Waals surface area contributed by atoms with E-state index in [0.717, 1.165) is 0 Å². The Bertz CT molecular complexity index is 119. The Labute approximate surface area is 100 Å². The molecular weight excluding hydrogens is 273 g/mol. The van der Waals surface area contributed by atoms with Crippen molar-refractivity contribution in [2.75, 3.05) is 26.2 Å². The molecule has 1 heterocycles. The van der Waals surface area contributed by atoms with Crippen LogP contribution in [-0.2, 0) is 0 Å². The number of piperidine rings is 1. The summed E-state index contributed by atoms with van der Waals surface area (Å²) in [6.45, 7) is 10.4. The first-order valence-corrected chi connectivity index (χ1v) is 5.68. The fraction of sp³-hybridized carbons (Fsp3) is 1.00. The molecule has 0 N–H and O–H groups in total. The van der Waals surface area contributed by atoms with Gasteiger partial charge in [-0.05, 0) is 32.6 Å². The first-order valence-electron chi connectivity index (χ1n) is 5.68. The van der Waals surface area contributed by atoms with E-state index in [1.54, 1.807) is 0 Å². The van der Waals surface area contributed by atoms with Gasteiger partial charge in [-0.3, -0.25) is 0 Å². The molecule has 2 heteroatoms. The van der Waals surface area contributed by atoms with Crippen molar-refractivity contribution in [3.8, 4) is 0 Å². The molecule has 0 unspecified atom stereocenters. The number of likely N-dealkylation sites (tertiary alicyclic amines) is 1. The molecule has 1 nitrogen and oxygen atoms in total. The summed E-state index contributed by atoms with van der Waals surface area (Å²) in [6.07, 6.45) is 7.20. The second-order valence-corrected chi connectivity index (χ2v) is 4.24. The molecule has 1 saturated heterocycles. The van der Waals surface area contributed by atoms with E-state index >= 15 is 0 Å². The van der Waals surface area contributed by atoms with Crippen LogP contribution in [0.25, 0.3) is 0 Å². The third kappa shape index (κ3) is 4.15. The van der Waals surface area contributed by atoms with Gasteiger partial charge < -0.3 is 28.5 Å². The van der Waals surface area contributed by atoms with Crippen molar-refractivity contribution >= 4 is 0 Å². The van der Waals surface area contributed by atoms with Gasteiger partial charge in [0.15, 0.2) is 0 Å². The summed E-state index contributed by atoms with van der Waals surface area (Å²) in [5.41, 5.74) is 0. The fourth-order valence-corrected chi connectivity index (χ4v) is 2.37. The molecule has 0 amide bonds. The molecule has 0 aliphatic carbocycles. The minimum atomic E-state index is 0. The molecule has 0 aromatic carbocycles. The molecule has 1 rings (SSSR count). The lowest BCUT2D eigenvalue weighted by atomic mass is 10.1. The number of hydrogen-bond acceptors (Lipinski definition) is 0. The van der Waals surface area contributed by atoms with Crippen molar-refractivity contribution < 1.29 is 28.5 Å². The van der Waals surface area contributed by atoms with Gasteiger partial charge in [0, 0.05) is 0 Å². The zero-order valence-corrected chi connectivity index (χ0v) is 11.3. The summed E-state index contributed by atoms with van der Waals surface area (Å²) in [4.78, 5) is 0. The molecule has 0 spiro atoms. The minimum Gasteiger partial charge on any atom is -1.00 e. The lowest BCUT2D eigenvalue weighted by Gasteiger charge is -2.40. The van der Waals surface area contributed by atoms with Crippen molar-refractivity contribution in [2.24, 2.45) is 0 Å². The third-order valence-corrected chi connectivity index (χ3v) is 3.42. The molecule has 1 aliphatic rings. The van der Waals surface area contributed by atoms with Gasteiger partial charge >= 0.3 is 0 Å². The summed E-state index contributed by atoms with van der Waals surface area (Å²) in [5.74, 6) is 0. The van der Waals surface area contributed by atoms with Gasteiger partial charge in [-0.15, -0.1) is 0 Å². The fourth-order valence-electron chi connectivity index (χ4n) is 2.37.